The SMILES string of the molecule is CCc1cc(CC(N)c2cccc(Cl)c2Cl)n(C)n1. The Hall–Kier alpha value is -1.03. The maximum atomic E-state index is 6.23. The fourth-order valence-electron chi connectivity index (χ4n) is 2.08. The fraction of sp³-hybridized carbons (Fsp3) is 0.357. The van der Waals surface area contributed by atoms with Crippen molar-refractivity contribution in [2.75, 3.05) is 0 Å². The van der Waals surface area contributed by atoms with Crippen LogP contribution in [0.5, 0.6) is 0 Å². The minimum absolute atomic E-state index is 0.189. The van der Waals surface area contributed by atoms with Crippen LogP contribution in [0, 0.1) is 0 Å². The van der Waals surface area contributed by atoms with Crippen LogP contribution in [0.3, 0.4) is 0 Å². The summed E-state index contributed by atoms with van der Waals surface area (Å²) in [5.41, 5.74) is 9.27. The lowest BCUT2D eigenvalue weighted by Crippen LogP contribution is -2.16. The van der Waals surface area contributed by atoms with Gasteiger partial charge in [-0.2, -0.15) is 5.10 Å². The minimum atomic E-state index is -0.189. The molecule has 0 radical (unpaired) electrons. The van der Waals surface area contributed by atoms with E-state index in [0.717, 1.165) is 23.4 Å². The van der Waals surface area contributed by atoms with E-state index in [1.807, 2.05) is 23.9 Å². The standard InChI is InChI=1S/C14H17Cl2N3/c1-3-9-7-10(19(2)18-9)8-13(17)11-5-4-6-12(15)14(11)16/h4-7,13H,3,8,17H2,1-2H3. The van der Waals surface area contributed by atoms with Gasteiger partial charge < -0.3 is 5.73 Å². The van der Waals surface area contributed by atoms with Gasteiger partial charge in [0.2, 0.25) is 0 Å². The third kappa shape index (κ3) is 3.11. The molecule has 0 aliphatic rings. The molecule has 1 aromatic carbocycles. The highest BCUT2D eigenvalue weighted by Crippen LogP contribution is 2.30. The first-order valence-electron chi connectivity index (χ1n) is 6.24. The van der Waals surface area contributed by atoms with Crippen LogP contribution in [-0.4, -0.2) is 9.78 Å². The van der Waals surface area contributed by atoms with E-state index in [0.29, 0.717) is 16.5 Å². The molecule has 0 spiro atoms. The highest BCUT2D eigenvalue weighted by Gasteiger charge is 2.15. The Balaban J connectivity index is 2.22. The molecule has 3 nitrogen and oxygen atoms in total. The molecule has 0 aliphatic carbocycles. The number of nitrogens with two attached hydrogens (primary N) is 1. The van der Waals surface area contributed by atoms with Crippen LogP contribution in [0.4, 0.5) is 0 Å². The van der Waals surface area contributed by atoms with Gasteiger partial charge in [-0.25, -0.2) is 0 Å². The van der Waals surface area contributed by atoms with Crippen molar-refractivity contribution in [1.82, 2.24) is 9.78 Å². The van der Waals surface area contributed by atoms with E-state index >= 15 is 0 Å². The molecule has 1 aromatic heterocycles. The normalized spacial score (nSPS) is 12.7. The summed E-state index contributed by atoms with van der Waals surface area (Å²) in [6, 6.07) is 7.43. The molecule has 0 saturated heterocycles. The van der Waals surface area contributed by atoms with E-state index in [1.165, 1.54) is 0 Å². The number of aryl methyl sites for hydroxylation is 2. The monoisotopic (exact) mass is 297 g/mol. The number of rotatable bonds is 4. The van der Waals surface area contributed by atoms with Crippen LogP contribution in [0.1, 0.15) is 29.9 Å². The van der Waals surface area contributed by atoms with Gasteiger partial charge in [-0.05, 0) is 24.1 Å². The van der Waals surface area contributed by atoms with E-state index in [4.69, 9.17) is 28.9 Å². The fourth-order valence-corrected chi connectivity index (χ4v) is 2.53. The Morgan fingerprint density at radius 3 is 2.74 bits per heavy atom. The molecular weight excluding hydrogens is 281 g/mol. The van der Waals surface area contributed by atoms with Gasteiger partial charge in [0.1, 0.15) is 0 Å². The van der Waals surface area contributed by atoms with Gasteiger partial charge in [-0.15, -0.1) is 0 Å². The molecule has 5 heteroatoms. The van der Waals surface area contributed by atoms with E-state index in [2.05, 4.69) is 18.1 Å². The summed E-state index contributed by atoms with van der Waals surface area (Å²) < 4.78 is 1.87. The molecule has 102 valence electrons. The number of nitrogens with zero attached hydrogens (tertiary/aromatic N) is 2. The summed E-state index contributed by atoms with van der Waals surface area (Å²) in [5.74, 6) is 0. The summed E-state index contributed by atoms with van der Waals surface area (Å²) in [6.07, 6.45) is 1.60. The van der Waals surface area contributed by atoms with Crippen molar-refractivity contribution >= 4 is 23.2 Å². The van der Waals surface area contributed by atoms with Crippen LogP contribution >= 0.6 is 23.2 Å². The molecule has 2 aromatic rings. The molecule has 1 atom stereocenters. The van der Waals surface area contributed by atoms with Gasteiger partial charge >= 0.3 is 0 Å². The zero-order valence-corrected chi connectivity index (χ0v) is 12.5. The Morgan fingerprint density at radius 2 is 2.11 bits per heavy atom. The highest BCUT2D eigenvalue weighted by molar-refractivity contribution is 6.42. The summed E-state index contributed by atoms with van der Waals surface area (Å²) >= 11 is 12.2. The lowest BCUT2D eigenvalue weighted by molar-refractivity contribution is 0.638. The average molecular weight is 298 g/mol. The van der Waals surface area contributed by atoms with Gasteiger partial charge in [-0.3, -0.25) is 4.68 Å². The lowest BCUT2D eigenvalue weighted by Gasteiger charge is -2.14. The second-order valence-electron chi connectivity index (χ2n) is 4.56. The molecule has 0 aliphatic heterocycles. The Labute approximate surface area is 123 Å². The largest absolute Gasteiger partial charge is 0.324 e. The zero-order chi connectivity index (χ0) is 14.0. The van der Waals surface area contributed by atoms with Crippen molar-refractivity contribution in [2.24, 2.45) is 12.8 Å². The van der Waals surface area contributed by atoms with E-state index < -0.39 is 0 Å². The molecule has 2 N–H and O–H groups in total. The van der Waals surface area contributed by atoms with Crippen molar-refractivity contribution in [3.8, 4) is 0 Å². The molecule has 0 saturated carbocycles. The second-order valence-corrected chi connectivity index (χ2v) is 5.34. The first-order valence-corrected chi connectivity index (χ1v) is 6.99. The Bertz CT molecular complexity index is 578. The maximum absolute atomic E-state index is 6.23. The second kappa shape index (κ2) is 5.95. The van der Waals surface area contributed by atoms with Crippen molar-refractivity contribution in [2.45, 2.75) is 25.8 Å². The molecule has 0 bridgehead atoms. The first-order chi connectivity index (χ1) is 9.02. The van der Waals surface area contributed by atoms with Crippen LogP contribution < -0.4 is 5.73 Å². The average Bonchev–Trinajstić information content (AvgIpc) is 2.73. The van der Waals surface area contributed by atoms with Crippen LogP contribution in [0.25, 0.3) is 0 Å². The van der Waals surface area contributed by atoms with Crippen molar-refractivity contribution in [3.63, 3.8) is 0 Å². The molecule has 0 fully saturated rings. The quantitative estimate of drug-likeness (QED) is 0.938. The Kier molecular flexibility index (Phi) is 4.50. The molecule has 19 heavy (non-hydrogen) atoms. The predicted molar refractivity (Wildman–Crippen MR) is 79.7 cm³/mol. The zero-order valence-electron chi connectivity index (χ0n) is 11.0. The number of hydrogen-bond donors (Lipinski definition) is 1. The van der Waals surface area contributed by atoms with E-state index in [-0.39, 0.29) is 6.04 Å². The minimum Gasteiger partial charge on any atom is -0.324 e. The molecule has 1 unspecified atom stereocenters. The van der Waals surface area contributed by atoms with Crippen LogP contribution in [0.15, 0.2) is 24.3 Å². The topological polar surface area (TPSA) is 43.8 Å². The number of hydrogen-bond acceptors (Lipinski definition) is 2. The molecule has 1 heterocycles. The molecule has 2 rings (SSSR count). The summed E-state index contributed by atoms with van der Waals surface area (Å²) in [7, 11) is 1.93. The van der Waals surface area contributed by atoms with Gasteiger partial charge in [-0.1, -0.05) is 42.3 Å². The number of benzene rings is 1. The summed E-state index contributed by atoms with van der Waals surface area (Å²) in [6.45, 7) is 2.08. The maximum Gasteiger partial charge on any atom is 0.0640 e. The van der Waals surface area contributed by atoms with Crippen molar-refractivity contribution < 1.29 is 0 Å². The number of halogens is 2. The van der Waals surface area contributed by atoms with Crippen LogP contribution in [-0.2, 0) is 19.9 Å². The van der Waals surface area contributed by atoms with E-state index in [1.54, 1.807) is 6.07 Å². The van der Waals surface area contributed by atoms with Gasteiger partial charge in [0, 0.05) is 25.2 Å². The summed E-state index contributed by atoms with van der Waals surface area (Å²) in [5, 5.41) is 5.49. The third-order valence-electron chi connectivity index (χ3n) is 3.20. The van der Waals surface area contributed by atoms with Gasteiger partial charge in [0.15, 0.2) is 0 Å². The van der Waals surface area contributed by atoms with Gasteiger partial charge in [0.05, 0.1) is 15.7 Å². The van der Waals surface area contributed by atoms with Crippen LogP contribution in [0.2, 0.25) is 10.0 Å². The smallest absolute Gasteiger partial charge is 0.0640 e. The lowest BCUT2D eigenvalue weighted by atomic mass is 10.0. The van der Waals surface area contributed by atoms with Crippen molar-refractivity contribution in [3.05, 3.63) is 51.3 Å². The Morgan fingerprint density at radius 1 is 1.37 bits per heavy atom. The van der Waals surface area contributed by atoms with Crippen molar-refractivity contribution in [1.29, 1.82) is 0 Å². The molecule has 0 amide bonds. The van der Waals surface area contributed by atoms with E-state index in [9.17, 15) is 0 Å². The first kappa shape index (κ1) is 14.4. The third-order valence-corrected chi connectivity index (χ3v) is 4.03. The highest BCUT2D eigenvalue weighted by atomic mass is 35.5. The predicted octanol–water partition coefficient (Wildman–Crippen LogP) is 3.53. The molecular formula is C14H17Cl2N3. The summed E-state index contributed by atoms with van der Waals surface area (Å²) in [4.78, 5) is 0. The van der Waals surface area contributed by atoms with Gasteiger partial charge in [0.25, 0.3) is 0 Å². The number of aromatic nitrogens is 2.